The van der Waals surface area contributed by atoms with E-state index < -0.39 is 22.9 Å². The van der Waals surface area contributed by atoms with Crippen LogP contribution >= 0.6 is 11.8 Å². The van der Waals surface area contributed by atoms with Crippen LogP contribution in [0.25, 0.3) is 0 Å². The van der Waals surface area contributed by atoms with Gasteiger partial charge in [0.05, 0.1) is 11.3 Å². The standard InChI is InChI=1S/C21H17F3N2OS/c22-21(23,24)17-8-4-5-9-18(17)26-20(27)19(14-6-2-1-3-7-14)28-16-12-10-15(25)11-13-16/h1-13,19H,25H2,(H,26,27). The van der Waals surface area contributed by atoms with Crippen molar-refractivity contribution in [2.75, 3.05) is 11.1 Å². The molecule has 0 fully saturated rings. The molecule has 3 rings (SSSR count). The van der Waals surface area contributed by atoms with Crippen LogP contribution in [0.4, 0.5) is 24.5 Å². The fourth-order valence-corrected chi connectivity index (χ4v) is 3.65. The monoisotopic (exact) mass is 402 g/mol. The fraction of sp³-hybridized carbons (Fsp3) is 0.0952. The van der Waals surface area contributed by atoms with Crippen molar-refractivity contribution in [2.24, 2.45) is 0 Å². The third-order valence-electron chi connectivity index (χ3n) is 3.96. The Morgan fingerprint density at radius 2 is 1.50 bits per heavy atom. The topological polar surface area (TPSA) is 55.1 Å². The molecule has 3 N–H and O–H groups in total. The summed E-state index contributed by atoms with van der Waals surface area (Å²) in [7, 11) is 0. The molecule has 0 aliphatic carbocycles. The molecule has 0 spiro atoms. The number of halogens is 3. The van der Waals surface area contributed by atoms with Crippen LogP contribution in [0.15, 0.2) is 83.8 Å². The van der Waals surface area contributed by atoms with Crippen LogP contribution < -0.4 is 11.1 Å². The molecule has 1 atom stereocenters. The number of para-hydroxylation sites is 1. The molecule has 3 nitrogen and oxygen atoms in total. The van der Waals surface area contributed by atoms with E-state index in [0.717, 1.165) is 11.0 Å². The highest BCUT2D eigenvalue weighted by molar-refractivity contribution is 8.00. The summed E-state index contributed by atoms with van der Waals surface area (Å²) in [6, 6.07) is 20.8. The van der Waals surface area contributed by atoms with Gasteiger partial charge in [-0.1, -0.05) is 42.5 Å². The van der Waals surface area contributed by atoms with Gasteiger partial charge < -0.3 is 11.1 Å². The minimum Gasteiger partial charge on any atom is -0.399 e. The Morgan fingerprint density at radius 3 is 2.14 bits per heavy atom. The Balaban J connectivity index is 1.90. The SMILES string of the molecule is Nc1ccc(SC(C(=O)Nc2ccccc2C(F)(F)F)c2ccccc2)cc1. The number of anilines is 2. The number of nitrogens with one attached hydrogen (secondary N) is 1. The number of nitrogens with two attached hydrogens (primary N) is 1. The summed E-state index contributed by atoms with van der Waals surface area (Å²) in [4.78, 5) is 13.7. The van der Waals surface area contributed by atoms with Crippen molar-refractivity contribution in [1.82, 2.24) is 0 Å². The second-order valence-corrected chi connectivity index (χ2v) is 7.19. The van der Waals surface area contributed by atoms with Crippen LogP contribution in [0.2, 0.25) is 0 Å². The van der Waals surface area contributed by atoms with E-state index in [1.54, 1.807) is 48.5 Å². The molecule has 1 amide bonds. The van der Waals surface area contributed by atoms with Gasteiger partial charge >= 0.3 is 6.18 Å². The van der Waals surface area contributed by atoms with Crippen LogP contribution in [0.5, 0.6) is 0 Å². The summed E-state index contributed by atoms with van der Waals surface area (Å²) in [5, 5.41) is 1.71. The number of thioether (sulfide) groups is 1. The average molecular weight is 402 g/mol. The Morgan fingerprint density at radius 1 is 0.893 bits per heavy atom. The highest BCUT2D eigenvalue weighted by Crippen LogP contribution is 2.38. The van der Waals surface area contributed by atoms with Crippen LogP contribution in [0.3, 0.4) is 0 Å². The average Bonchev–Trinajstić information content (AvgIpc) is 2.67. The molecule has 0 radical (unpaired) electrons. The van der Waals surface area contributed by atoms with Crippen LogP contribution in [-0.4, -0.2) is 5.91 Å². The summed E-state index contributed by atoms with van der Waals surface area (Å²) < 4.78 is 39.7. The van der Waals surface area contributed by atoms with Crippen molar-refractivity contribution in [2.45, 2.75) is 16.3 Å². The molecule has 0 heterocycles. The summed E-state index contributed by atoms with van der Waals surface area (Å²) in [5.74, 6) is -0.537. The van der Waals surface area contributed by atoms with E-state index in [9.17, 15) is 18.0 Å². The van der Waals surface area contributed by atoms with Crippen molar-refractivity contribution < 1.29 is 18.0 Å². The van der Waals surface area contributed by atoms with Gasteiger partial charge in [-0.2, -0.15) is 13.2 Å². The molecular formula is C21H17F3N2OS. The zero-order chi connectivity index (χ0) is 20.1. The van der Waals surface area contributed by atoms with Gasteiger partial charge in [0.15, 0.2) is 0 Å². The Labute approximate surface area is 164 Å². The first kappa shape index (κ1) is 19.8. The third kappa shape index (κ3) is 4.86. The van der Waals surface area contributed by atoms with Crippen molar-refractivity contribution in [3.8, 4) is 0 Å². The van der Waals surface area contributed by atoms with E-state index in [-0.39, 0.29) is 5.69 Å². The number of carbonyl (C=O) groups excluding carboxylic acids is 1. The van der Waals surface area contributed by atoms with Gasteiger partial charge in [-0.05, 0) is 42.0 Å². The van der Waals surface area contributed by atoms with Crippen LogP contribution in [-0.2, 0) is 11.0 Å². The molecule has 3 aromatic carbocycles. The number of hydrogen-bond donors (Lipinski definition) is 2. The Bertz CT molecular complexity index is 944. The molecule has 3 aromatic rings. The van der Waals surface area contributed by atoms with E-state index in [1.165, 1.54) is 30.0 Å². The zero-order valence-electron chi connectivity index (χ0n) is 14.6. The predicted molar refractivity (Wildman–Crippen MR) is 106 cm³/mol. The highest BCUT2D eigenvalue weighted by atomic mass is 32.2. The van der Waals surface area contributed by atoms with Crippen LogP contribution in [0.1, 0.15) is 16.4 Å². The lowest BCUT2D eigenvalue weighted by atomic mass is 10.1. The molecule has 0 bridgehead atoms. The fourth-order valence-electron chi connectivity index (χ4n) is 2.62. The van der Waals surface area contributed by atoms with Gasteiger partial charge in [0, 0.05) is 10.6 Å². The first-order chi connectivity index (χ1) is 13.3. The highest BCUT2D eigenvalue weighted by Gasteiger charge is 2.34. The quantitative estimate of drug-likeness (QED) is 0.421. The van der Waals surface area contributed by atoms with E-state index in [2.05, 4.69) is 5.32 Å². The molecule has 144 valence electrons. The molecular weight excluding hydrogens is 385 g/mol. The number of rotatable bonds is 5. The Kier molecular flexibility index (Phi) is 5.94. The van der Waals surface area contributed by atoms with Crippen molar-refractivity contribution in [3.63, 3.8) is 0 Å². The first-order valence-corrected chi connectivity index (χ1v) is 9.27. The Hall–Kier alpha value is -2.93. The minimum absolute atomic E-state index is 0.265. The second-order valence-electron chi connectivity index (χ2n) is 6.01. The summed E-state index contributed by atoms with van der Waals surface area (Å²) in [6.07, 6.45) is -4.56. The van der Waals surface area contributed by atoms with Crippen LogP contribution in [0, 0.1) is 0 Å². The maximum absolute atomic E-state index is 13.2. The smallest absolute Gasteiger partial charge is 0.399 e. The molecule has 28 heavy (non-hydrogen) atoms. The molecule has 7 heteroatoms. The molecule has 0 aliphatic heterocycles. The number of hydrogen-bond acceptors (Lipinski definition) is 3. The number of alkyl halides is 3. The molecule has 0 aromatic heterocycles. The maximum atomic E-state index is 13.2. The lowest BCUT2D eigenvalue weighted by molar-refractivity contribution is -0.137. The number of amides is 1. The normalized spacial score (nSPS) is 12.4. The van der Waals surface area contributed by atoms with Gasteiger partial charge in [-0.15, -0.1) is 11.8 Å². The van der Waals surface area contributed by atoms with Gasteiger partial charge in [-0.3, -0.25) is 4.79 Å². The van der Waals surface area contributed by atoms with E-state index in [1.807, 2.05) is 6.07 Å². The van der Waals surface area contributed by atoms with Crippen molar-refractivity contribution in [1.29, 1.82) is 0 Å². The molecule has 0 saturated carbocycles. The zero-order valence-corrected chi connectivity index (χ0v) is 15.4. The van der Waals surface area contributed by atoms with E-state index in [4.69, 9.17) is 5.73 Å². The largest absolute Gasteiger partial charge is 0.418 e. The number of nitrogen functional groups attached to an aromatic ring is 1. The third-order valence-corrected chi connectivity index (χ3v) is 5.23. The minimum atomic E-state index is -4.56. The first-order valence-electron chi connectivity index (χ1n) is 8.39. The van der Waals surface area contributed by atoms with Gasteiger partial charge in [0.25, 0.3) is 0 Å². The number of carbonyl (C=O) groups is 1. The van der Waals surface area contributed by atoms with Crippen molar-refractivity contribution >= 4 is 29.0 Å². The van der Waals surface area contributed by atoms with E-state index in [0.29, 0.717) is 11.3 Å². The van der Waals surface area contributed by atoms with Gasteiger partial charge in [0.2, 0.25) is 5.91 Å². The summed E-state index contributed by atoms with van der Waals surface area (Å²) in [6.45, 7) is 0. The summed E-state index contributed by atoms with van der Waals surface area (Å²) >= 11 is 1.24. The number of benzene rings is 3. The molecule has 1 unspecified atom stereocenters. The van der Waals surface area contributed by atoms with Gasteiger partial charge in [-0.25, -0.2) is 0 Å². The lowest BCUT2D eigenvalue weighted by Gasteiger charge is -2.19. The predicted octanol–water partition coefficient (Wildman–Crippen LogP) is 5.76. The second kappa shape index (κ2) is 8.39. The maximum Gasteiger partial charge on any atom is 0.418 e. The lowest BCUT2D eigenvalue weighted by Crippen LogP contribution is -2.21. The van der Waals surface area contributed by atoms with Gasteiger partial charge in [0.1, 0.15) is 5.25 Å². The van der Waals surface area contributed by atoms with Crippen molar-refractivity contribution in [3.05, 3.63) is 90.0 Å². The molecule has 0 saturated heterocycles. The summed E-state index contributed by atoms with van der Waals surface area (Å²) in [5.41, 5.74) is 5.82. The molecule has 0 aliphatic rings. The van der Waals surface area contributed by atoms with E-state index >= 15 is 0 Å².